The third-order valence-electron chi connectivity index (χ3n) is 3.20. The number of aliphatic carboxylic acids is 1. The van der Waals surface area contributed by atoms with E-state index >= 15 is 0 Å². The molecule has 0 spiro atoms. The van der Waals surface area contributed by atoms with E-state index in [1.807, 2.05) is 0 Å². The van der Waals surface area contributed by atoms with Crippen molar-refractivity contribution in [2.45, 2.75) is 44.1 Å². The lowest BCUT2D eigenvalue weighted by Crippen LogP contribution is -2.55. The highest BCUT2D eigenvalue weighted by Gasteiger charge is 2.40. The van der Waals surface area contributed by atoms with E-state index in [0.717, 1.165) is 25.5 Å². The third kappa shape index (κ3) is 4.29. The summed E-state index contributed by atoms with van der Waals surface area (Å²) in [6, 6.07) is 0. The van der Waals surface area contributed by atoms with Crippen LogP contribution >= 0.6 is 0 Å². The van der Waals surface area contributed by atoms with Crippen LogP contribution in [-0.2, 0) is 19.4 Å². The molecular formula is C11H19NO5S. The zero-order valence-electron chi connectivity index (χ0n) is 10.4. The molecule has 0 atom stereocenters. The lowest BCUT2D eigenvalue weighted by Gasteiger charge is -2.33. The maximum atomic E-state index is 11.6. The number of carbonyl (C=O) groups is 2. The van der Waals surface area contributed by atoms with Crippen LogP contribution < -0.4 is 5.32 Å². The molecular weight excluding hydrogens is 258 g/mol. The minimum absolute atomic E-state index is 0.187. The van der Waals surface area contributed by atoms with E-state index in [4.69, 9.17) is 0 Å². The van der Waals surface area contributed by atoms with Gasteiger partial charge in [0.15, 0.2) is 0 Å². The molecule has 1 rings (SSSR count). The monoisotopic (exact) mass is 277 g/mol. The lowest BCUT2D eigenvalue weighted by molar-refractivity contribution is -0.149. The molecule has 1 fully saturated rings. The number of carboxylic acid groups (broad SMARTS) is 1. The molecule has 0 aromatic carbocycles. The molecule has 18 heavy (non-hydrogen) atoms. The number of carboxylic acids is 1. The molecule has 2 N–H and O–H groups in total. The van der Waals surface area contributed by atoms with Gasteiger partial charge in [-0.25, -0.2) is 13.2 Å². The van der Waals surface area contributed by atoms with Crippen LogP contribution in [0, 0.1) is 0 Å². The zero-order chi connectivity index (χ0) is 13.8. The summed E-state index contributed by atoms with van der Waals surface area (Å²) in [5.41, 5.74) is -1.20. The highest BCUT2D eigenvalue weighted by molar-refractivity contribution is 7.90. The molecule has 0 unspecified atom stereocenters. The summed E-state index contributed by atoms with van der Waals surface area (Å²) in [6.45, 7) is 0. The molecule has 7 heteroatoms. The first-order valence-corrected chi connectivity index (χ1v) is 8.03. The number of rotatable bonds is 5. The van der Waals surface area contributed by atoms with Crippen LogP contribution in [0.2, 0.25) is 0 Å². The van der Waals surface area contributed by atoms with Crippen molar-refractivity contribution in [3.8, 4) is 0 Å². The van der Waals surface area contributed by atoms with Crippen LogP contribution in [0.4, 0.5) is 0 Å². The predicted molar refractivity (Wildman–Crippen MR) is 65.9 cm³/mol. The fraction of sp³-hybridized carbons (Fsp3) is 0.818. The van der Waals surface area contributed by atoms with E-state index in [0.29, 0.717) is 12.8 Å². The van der Waals surface area contributed by atoms with Gasteiger partial charge in [0.2, 0.25) is 5.91 Å². The zero-order valence-corrected chi connectivity index (χ0v) is 11.3. The molecule has 1 aliphatic carbocycles. The molecule has 1 amide bonds. The van der Waals surface area contributed by atoms with E-state index in [9.17, 15) is 23.1 Å². The minimum Gasteiger partial charge on any atom is -0.480 e. The van der Waals surface area contributed by atoms with Gasteiger partial charge < -0.3 is 10.4 Å². The van der Waals surface area contributed by atoms with Crippen molar-refractivity contribution in [2.75, 3.05) is 12.0 Å². The van der Waals surface area contributed by atoms with Gasteiger partial charge in [-0.15, -0.1) is 0 Å². The summed E-state index contributed by atoms with van der Waals surface area (Å²) in [5.74, 6) is -1.80. The van der Waals surface area contributed by atoms with Gasteiger partial charge in [-0.05, 0) is 12.8 Å². The Bertz CT molecular complexity index is 423. The van der Waals surface area contributed by atoms with Crippen molar-refractivity contribution in [3.05, 3.63) is 0 Å². The Morgan fingerprint density at radius 1 is 1.22 bits per heavy atom. The molecule has 0 radical (unpaired) electrons. The van der Waals surface area contributed by atoms with Crippen LogP contribution in [0.1, 0.15) is 38.5 Å². The molecule has 104 valence electrons. The fourth-order valence-electron chi connectivity index (χ4n) is 2.16. The van der Waals surface area contributed by atoms with Gasteiger partial charge in [-0.2, -0.15) is 0 Å². The third-order valence-corrected chi connectivity index (χ3v) is 4.14. The van der Waals surface area contributed by atoms with Crippen LogP contribution in [-0.4, -0.2) is 42.9 Å². The second kappa shape index (κ2) is 5.69. The summed E-state index contributed by atoms with van der Waals surface area (Å²) in [7, 11) is -3.21. The van der Waals surface area contributed by atoms with Gasteiger partial charge in [0.05, 0.1) is 5.75 Å². The highest BCUT2D eigenvalue weighted by atomic mass is 32.2. The van der Waals surface area contributed by atoms with Crippen LogP contribution in [0.25, 0.3) is 0 Å². The lowest BCUT2D eigenvalue weighted by atomic mass is 9.81. The molecule has 0 aromatic heterocycles. The Hall–Kier alpha value is -1.11. The van der Waals surface area contributed by atoms with Crippen molar-refractivity contribution >= 4 is 21.7 Å². The summed E-state index contributed by atoms with van der Waals surface area (Å²) < 4.78 is 21.9. The second-order valence-electron chi connectivity index (χ2n) is 4.88. The van der Waals surface area contributed by atoms with Crippen LogP contribution in [0.3, 0.4) is 0 Å². The second-order valence-corrected chi connectivity index (χ2v) is 7.14. The quantitative estimate of drug-likeness (QED) is 0.754. The normalized spacial score (nSPS) is 19.2. The Morgan fingerprint density at radius 2 is 1.78 bits per heavy atom. The Labute approximate surface area is 107 Å². The molecule has 0 aliphatic heterocycles. The van der Waals surface area contributed by atoms with Crippen molar-refractivity contribution in [2.24, 2.45) is 0 Å². The average molecular weight is 277 g/mol. The maximum absolute atomic E-state index is 11.6. The molecule has 0 saturated heterocycles. The SMILES string of the molecule is CS(=O)(=O)CCC(=O)NC1(C(=O)O)CCCCC1. The standard InChI is InChI=1S/C11H19NO5S/c1-18(16,17)8-5-9(13)12-11(10(14)15)6-3-2-4-7-11/h2-8H2,1H3,(H,12,13)(H,14,15). The van der Waals surface area contributed by atoms with Gasteiger partial charge in [-0.3, -0.25) is 4.79 Å². The number of sulfone groups is 1. The van der Waals surface area contributed by atoms with Crippen molar-refractivity contribution < 1.29 is 23.1 Å². The van der Waals surface area contributed by atoms with Crippen molar-refractivity contribution in [1.82, 2.24) is 5.32 Å². The van der Waals surface area contributed by atoms with Gasteiger partial charge in [0, 0.05) is 12.7 Å². The first kappa shape index (κ1) is 14.9. The summed E-state index contributed by atoms with van der Waals surface area (Å²) in [5, 5.41) is 11.7. The van der Waals surface area contributed by atoms with E-state index < -0.39 is 27.3 Å². The summed E-state index contributed by atoms with van der Waals surface area (Å²) in [6.07, 6.45) is 4.17. The molecule has 0 aromatic rings. The van der Waals surface area contributed by atoms with E-state index in [1.165, 1.54) is 0 Å². The van der Waals surface area contributed by atoms with Crippen molar-refractivity contribution in [1.29, 1.82) is 0 Å². The van der Waals surface area contributed by atoms with E-state index in [1.54, 1.807) is 0 Å². The summed E-state index contributed by atoms with van der Waals surface area (Å²) in [4.78, 5) is 22.9. The van der Waals surface area contributed by atoms with E-state index in [2.05, 4.69) is 5.32 Å². The maximum Gasteiger partial charge on any atom is 0.329 e. The fourth-order valence-corrected chi connectivity index (χ4v) is 2.71. The summed E-state index contributed by atoms with van der Waals surface area (Å²) >= 11 is 0. The first-order chi connectivity index (χ1) is 8.25. The predicted octanol–water partition coefficient (Wildman–Crippen LogP) is 0.325. The Balaban J connectivity index is 2.61. The van der Waals surface area contributed by atoms with Gasteiger partial charge >= 0.3 is 5.97 Å². The number of hydrogen-bond donors (Lipinski definition) is 2. The van der Waals surface area contributed by atoms with Crippen LogP contribution in [0.5, 0.6) is 0 Å². The molecule has 0 heterocycles. The Kier molecular flexibility index (Phi) is 4.72. The largest absolute Gasteiger partial charge is 0.480 e. The van der Waals surface area contributed by atoms with E-state index in [-0.39, 0.29) is 12.2 Å². The number of nitrogens with one attached hydrogen (secondary N) is 1. The Morgan fingerprint density at radius 3 is 2.22 bits per heavy atom. The molecule has 1 aliphatic rings. The molecule has 6 nitrogen and oxygen atoms in total. The minimum atomic E-state index is -3.21. The topological polar surface area (TPSA) is 101 Å². The first-order valence-electron chi connectivity index (χ1n) is 5.97. The van der Waals surface area contributed by atoms with Gasteiger partial charge in [0.25, 0.3) is 0 Å². The molecule has 0 bridgehead atoms. The highest BCUT2D eigenvalue weighted by Crippen LogP contribution is 2.28. The molecule has 1 saturated carbocycles. The van der Waals surface area contributed by atoms with Gasteiger partial charge in [-0.1, -0.05) is 19.3 Å². The van der Waals surface area contributed by atoms with Gasteiger partial charge in [0.1, 0.15) is 15.4 Å². The van der Waals surface area contributed by atoms with Crippen LogP contribution in [0.15, 0.2) is 0 Å². The van der Waals surface area contributed by atoms with Crippen molar-refractivity contribution in [3.63, 3.8) is 0 Å². The smallest absolute Gasteiger partial charge is 0.329 e. The number of hydrogen-bond acceptors (Lipinski definition) is 4. The average Bonchev–Trinajstić information content (AvgIpc) is 2.26. The number of amides is 1. The number of carbonyl (C=O) groups excluding carboxylic acids is 1.